The molecule has 0 aromatic heterocycles. The van der Waals surface area contributed by atoms with Crippen molar-refractivity contribution in [2.75, 3.05) is 13.2 Å². The molecule has 1 amide bonds. The van der Waals surface area contributed by atoms with Gasteiger partial charge in [0.1, 0.15) is 5.75 Å². The maximum absolute atomic E-state index is 12.2. The molecule has 2 atom stereocenters. The average Bonchev–Trinajstić information content (AvgIpc) is 2.97. The average molecular weight is 277 g/mol. The summed E-state index contributed by atoms with van der Waals surface area (Å²) in [4.78, 5) is 12.2. The minimum absolute atomic E-state index is 0.0637. The number of benzene rings is 1. The van der Waals surface area contributed by atoms with Gasteiger partial charge in [-0.1, -0.05) is 25.1 Å². The van der Waals surface area contributed by atoms with Gasteiger partial charge in [0, 0.05) is 13.2 Å². The summed E-state index contributed by atoms with van der Waals surface area (Å²) < 4.78 is 11.3. The lowest BCUT2D eigenvalue weighted by atomic mass is 10.2. The van der Waals surface area contributed by atoms with Crippen LogP contribution in [-0.4, -0.2) is 31.3 Å². The molecule has 110 valence electrons. The zero-order valence-electron chi connectivity index (χ0n) is 12.2. The molecule has 1 heterocycles. The van der Waals surface area contributed by atoms with E-state index in [-0.39, 0.29) is 12.0 Å². The number of aryl methyl sites for hydroxylation is 1. The highest BCUT2D eigenvalue weighted by molar-refractivity contribution is 5.81. The van der Waals surface area contributed by atoms with Gasteiger partial charge in [-0.2, -0.15) is 0 Å². The van der Waals surface area contributed by atoms with E-state index in [0.29, 0.717) is 13.0 Å². The smallest absolute Gasteiger partial charge is 0.261 e. The van der Waals surface area contributed by atoms with Crippen LogP contribution in [0.2, 0.25) is 0 Å². The molecule has 0 unspecified atom stereocenters. The molecule has 1 fully saturated rings. The van der Waals surface area contributed by atoms with Crippen molar-refractivity contribution in [3.05, 3.63) is 29.8 Å². The Kier molecular flexibility index (Phi) is 5.41. The Morgan fingerprint density at radius 3 is 2.95 bits per heavy atom. The minimum Gasteiger partial charge on any atom is -0.480 e. The van der Waals surface area contributed by atoms with Crippen LogP contribution in [0.15, 0.2) is 24.3 Å². The fraction of sp³-hybridized carbons (Fsp3) is 0.562. The molecule has 0 aliphatic carbocycles. The second-order valence-electron chi connectivity index (χ2n) is 5.16. The molecule has 20 heavy (non-hydrogen) atoms. The topological polar surface area (TPSA) is 47.6 Å². The van der Waals surface area contributed by atoms with Crippen LogP contribution in [-0.2, 0) is 9.53 Å². The largest absolute Gasteiger partial charge is 0.480 e. The predicted octanol–water partition coefficient (Wildman–Crippen LogP) is 2.45. The first-order valence-corrected chi connectivity index (χ1v) is 7.32. The Hall–Kier alpha value is -1.55. The molecular formula is C16H23NO3. The van der Waals surface area contributed by atoms with Gasteiger partial charge in [-0.3, -0.25) is 4.79 Å². The van der Waals surface area contributed by atoms with E-state index in [0.717, 1.165) is 30.8 Å². The first kappa shape index (κ1) is 14.9. The number of rotatable bonds is 6. The quantitative estimate of drug-likeness (QED) is 0.869. The number of nitrogens with one attached hydrogen (secondary N) is 1. The third-order valence-corrected chi connectivity index (χ3v) is 3.55. The summed E-state index contributed by atoms with van der Waals surface area (Å²) in [6.45, 7) is 5.31. The van der Waals surface area contributed by atoms with Crippen molar-refractivity contribution in [2.24, 2.45) is 0 Å². The van der Waals surface area contributed by atoms with Gasteiger partial charge in [0.2, 0.25) is 0 Å². The van der Waals surface area contributed by atoms with E-state index < -0.39 is 6.10 Å². The minimum atomic E-state index is -0.447. The number of ether oxygens (including phenoxy) is 2. The van der Waals surface area contributed by atoms with Crippen molar-refractivity contribution in [3.63, 3.8) is 0 Å². The lowest BCUT2D eigenvalue weighted by molar-refractivity contribution is -0.128. The summed E-state index contributed by atoms with van der Waals surface area (Å²) in [6, 6.07) is 7.75. The third-order valence-electron chi connectivity index (χ3n) is 3.55. The number of carbonyl (C=O) groups is 1. The summed E-state index contributed by atoms with van der Waals surface area (Å²) >= 11 is 0. The Morgan fingerprint density at radius 2 is 2.30 bits per heavy atom. The molecule has 0 bridgehead atoms. The van der Waals surface area contributed by atoms with Gasteiger partial charge in [0.05, 0.1) is 6.10 Å². The highest BCUT2D eigenvalue weighted by atomic mass is 16.5. The van der Waals surface area contributed by atoms with Crippen molar-refractivity contribution in [3.8, 4) is 5.75 Å². The molecule has 2 rings (SSSR count). The lowest BCUT2D eigenvalue weighted by Crippen LogP contribution is -2.41. The molecule has 1 aliphatic rings. The van der Waals surface area contributed by atoms with Gasteiger partial charge < -0.3 is 14.8 Å². The predicted molar refractivity (Wildman–Crippen MR) is 77.9 cm³/mol. The number of hydrogen-bond acceptors (Lipinski definition) is 3. The van der Waals surface area contributed by atoms with Crippen LogP contribution < -0.4 is 10.1 Å². The molecule has 1 aliphatic heterocycles. The zero-order valence-corrected chi connectivity index (χ0v) is 12.2. The van der Waals surface area contributed by atoms with Gasteiger partial charge in [-0.05, 0) is 37.8 Å². The van der Waals surface area contributed by atoms with Gasteiger partial charge in [-0.25, -0.2) is 0 Å². The Morgan fingerprint density at radius 1 is 1.50 bits per heavy atom. The molecule has 1 N–H and O–H groups in total. The number of carbonyl (C=O) groups excluding carboxylic acids is 1. The van der Waals surface area contributed by atoms with E-state index in [1.165, 1.54) is 0 Å². The van der Waals surface area contributed by atoms with E-state index in [1.54, 1.807) is 0 Å². The summed E-state index contributed by atoms with van der Waals surface area (Å²) in [7, 11) is 0. The normalized spacial score (nSPS) is 19.6. The molecule has 0 saturated carbocycles. The van der Waals surface area contributed by atoms with E-state index >= 15 is 0 Å². The van der Waals surface area contributed by atoms with Crippen LogP contribution >= 0.6 is 0 Å². The second-order valence-corrected chi connectivity index (χ2v) is 5.16. The van der Waals surface area contributed by atoms with Crippen LogP contribution in [0.5, 0.6) is 5.75 Å². The van der Waals surface area contributed by atoms with Gasteiger partial charge in [-0.15, -0.1) is 0 Å². The lowest BCUT2D eigenvalue weighted by Gasteiger charge is -2.19. The first-order chi connectivity index (χ1) is 9.70. The van der Waals surface area contributed by atoms with Crippen LogP contribution in [0.1, 0.15) is 31.7 Å². The Labute approximate surface area is 120 Å². The van der Waals surface area contributed by atoms with E-state index in [1.807, 2.05) is 38.1 Å². The maximum atomic E-state index is 12.2. The molecule has 0 radical (unpaired) electrons. The van der Waals surface area contributed by atoms with Crippen molar-refractivity contribution in [1.29, 1.82) is 0 Å². The summed E-state index contributed by atoms with van der Waals surface area (Å²) in [5, 5.41) is 2.93. The van der Waals surface area contributed by atoms with E-state index in [2.05, 4.69) is 5.32 Å². The van der Waals surface area contributed by atoms with Crippen molar-refractivity contribution in [1.82, 2.24) is 5.32 Å². The second kappa shape index (κ2) is 7.29. The summed E-state index contributed by atoms with van der Waals surface area (Å²) in [6.07, 6.45) is 2.46. The van der Waals surface area contributed by atoms with Crippen LogP contribution in [0.25, 0.3) is 0 Å². The van der Waals surface area contributed by atoms with Gasteiger partial charge in [0.15, 0.2) is 6.10 Å². The number of amides is 1. The number of hydrogen-bond donors (Lipinski definition) is 1. The molecule has 1 saturated heterocycles. The fourth-order valence-electron chi connectivity index (χ4n) is 2.30. The van der Waals surface area contributed by atoms with Gasteiger partial charge >= 0.3 is 0 Å². The molecular weight excluding hydrogens is 254 g/mol. The molecule has 4 heteroatoms. The van der Waals surface area contributed by atoms with Crippen molar-refractivity contribution in [2.45, 2.75) is 45.3 Å². The fourth-order valence-corrected chi connectivity index (χ4v) is 2.30. The van der Waals surface area contributed by atoms with Crippen molar-refractivity contribution < 1.29 is 14.3 Å². The summed E-state index contributed by atoms with van der Waals surface area (Å²) in [5.41, 5.74) is 1.04. The highest BCUT2D eigenvalue weighted by Gasteiger charge is 2.21. The van der Waals surface area contributed by atoms with Crippen LogP contribution in [0.3, 0.4) is 0 Å². The van der Waals surface area contributed by atoms with Crippen molar-refractivity contribution >= 4 is 5.91 Å². The highest BCUT2D eigenvalue weighted by Crippen LogP contribution is 2.19. The molecule has 1 aromatic rings. The van der Waals surface area contributed by atoms with Crippen LogP contribution in [0.4, 0.5) is 0 Å². The molecule has 1 aromatic carbocycles. The molecule has 4 nitrogen and oxygen atoms in total. The van der Waals surface area contributed by atoms with E-state index in [4.69, 9.17) is 9.47 Å². The first-order valence-electron chi connectivity index (χ1n) is 7.32. The SMILES string of the molecule is CC[C@@H](Oc1ccccc1C)C(=O)NC[C@@H]1CCCO1. The Balaban J connectivity index is 1.87. The van der Waals surface area contributed by atoms with E-state index in [9.17, 15) is 4.79 Å². The summed E-state index contributed by atoms with van der Waals surface area (Å²) in [5.74, 6) is 0.706. The Bertz CT molecular complexity index is 441. The monoisotopic (exact) mass is 277 g/mol. The standard InChI is InChI=1S/C16H23NO3/c1-3-14(20-15-9-5-4-7-12(15)2)16(18)17-11-13-8-6-10-19-13/h4-5,7,9,13-14H,3,6,8,10-11H2,1-2H3,(H,17,18)/t13-,14+/m0/s1. The molecule has 0 spiro atoms. The maximum Gasteiger partial charge on any atom is 0.261 e. The van der Waals surface area contributed by atoms with Gasteiger partial charge in [0.25, 0.3) is 5.91 Å². The zero-order chi connectivity index (χ0) is 14.4. The number of para-hydroxylation sites is 1. The van der Waals surface area contributed by atoms with Crippen LogP contribution in [0, 0.1) is 6.92 Å². The third kappa shape index (κ3) is 3.97.